The average molecular weight is 327 g/mol. The molecule has 114 valence electrons. The van der Waals surface area contributed by atoms with Crippen molar-refractivity contribution >= 4 is 11.6 Å². The van der Waals surface area contributed by atoms with E-state index in [0.29, 0.717) is 5.69 Å². The van der Waals surface area contributed by atoms with Gasteiger partial charge in [-0.15, -0.1) is 0 Å². The van der Waals surface area contributed by atoms with Gasteiger partial charge in [0.2, 0.25) is 5.88 Å². The molecule has 0 spiro atoms. The zero-order valence-electron chi connectivity index (χ0n) is 11.2. The largest absolute Gasteiger partial charge is 0.473 e. The highest BCUT2D eigenvalue weighted by atomic mass is 35.5. The number of nitrogens with zero attached hydrogens (tertiary/aromatic N) is 2. The maximum atomic E-state index is 12.7. The Hall–Kier alpha value is -2.26. The van der Waals surface area contributed by atoms with Crippen LogP contribution in [0.15, 0.2) is 36.4 Å². The minimum Gasteiger partial charge on any atom is -0.473 e. The third-order valence-corrected chi connectivity index (χ3v) is 2.93. The number of ether oxygens (including phenoxy) is 1. The van der Waals surface area contributed by atoms with Gasteiger partial charge in [-0.2, -0.15) is 18.4 Å². The van der Waals surface area contributed by atoms with Crippen molar-refractivity contribution in [2.24, 2.45) is 0 Å². The Kier molecular flexibility index (Phi) is 4.88. The molecule has 0 N–H and O–H groups in total. The van der Waals surface area contributed by atoms with E-state index in [9.17, 15) is 13.2 Å². The van der Waals surface area contributed by atoms with Crippen LogP contribution >= 0.6 is 11.6 Å². The third kappa shape index (κ3) is 4.37. The fraction of sp³-hybridized carbons (Fsp3) is 0.200. The van der Waals surface area contributed by atoms with Gasteiger partial charge in [0.25, 0.3) is 0 Å². The maximum absolute atomic E-state index is 12.7. The van der Waals surface area contributed by atoms with E-state index >= 15 is 0 Å². The van der Waals surface area contributed by atoms with E-state index in [2.05, 4.69) is 4.98 Å². The molecule has 0 atom stereocenters. The second-order valence-electron chi connectivity index (χ2n) is 4.44. The van der Waals surface area contributed by atoms with Crippen molar-refractivity contribution in [3.63, 3.8) is 0 Å². The highest BCUT2D eigenvalue weighted by Gasteiger charge is 2.31. The molecule has 0 saturated heterocycles. The number of hydrogen-bond acceptors (Lipinski definition) is 3. The standard InChI is InChI=1S/C15H10ClF3N2O/c16-12-7-10(6-11(8-12)15(17,18)19)9-22-14-3-1-2-13(21-14)4-5-20/h1-3,6-8H,4,9H2. The molecule has 0 radical (unpaired) electrons. The summed E-state index contributed by atoms with van der Waals surface area (Å²) in [6, 6.07) is 10.1. The van der Waals surface area contributed by atoms with E-state index in [1.165, 1.54) is 6.07 Å². The van der Waals surface area contributed by atoms with Crippen LogP contribution in [0.4, 0.5) is 13.2 Å². The molecule has 22 heavy (non-hydrogen) atoms. The minimum absolute atomic E-state index is 0.0142. The summed E-state index contributed by atoms with van der Waals surface area (Å²) in [4.78, 5) is 4.07. The quantitative estimate of drug-likeness (QED) is 0.836. The lowest BCUT2D eigenvalue weighted by Crippen LogP contribution is -2.07. The molecule has 0 aliphatic rings. The summed E-state index contributed by atoms with van der Waals surface area (Å²) in [6.45, 7) is -0.105. The highest BCUT2D eigenvalue weighted by Crippen LogP contribution is 2.32. The molecule has 0 aliphatic heterocycles. The number of halogens is 4. The van der Waals surface area contributed by atoms with E-state index < -0.39 is 11.7 Å². The van der Waals surface area contributed by atoms with Gasteiger partial charge in [-0.1, -0.05) is 17.7 Å². The lowest BCUT2D eigenvalue weighted by Gasteiger charge is -2.11. The van der Waals surface area contributed by atoms with E-state index in [1.54, 1.807) is 18.2 Å². The molecule has 1 aromatic heterocycles. The molecule has 7 heteroatoms. The Morgan fingerprint density at radius 3 is 2.68 bits per heavy atom. The molecule has 2 aromatic rings. The summed E-state index contributed by atoms with van der Waals surface area (Å²) in [5, 5.41) is 8.59. The number of aromatic nitrogens is 1. The molecule has 0 aliphatic carbocycles. The summed E-state index contributed by atoms with van der Waals surface area (Å²) in [7, 11) is 0. The van der Waals surface area contributed by atoms with Gasteiger partial charge >= 0.3 is 6.18 Å². The first-order valence-corrected chi connectivity index (χ1v) is 6.58. The molecule has 1 aromatic carbocycles. The normalized spacial score (nSPS) is 11.0. The van der Waals surface area contributed by atoms with Crippen LogP contribution in [0, 0.1) is 11.3 Å². The Morgan fingerprint density at radius 2 is 2.00 bits per heavy atom. The molecule has 2 rings (SSSR count). The molecule has 0 amide bonds. The number of nitriles is 1. The van der Waals surface area contributed by atoms with Crippen molar-refractivity contribution in [3.8, 4) is 11.9 Å². The van der Waals surface area contributed by atoms with Gasteiger partial charge in [0.1, 0.15) is 6.61 Å². The van der Waals surface area contributed by atoms with Gasteiger partial charge in [0.05, 0.1) is 23.7 Å². The predicted octanol–water partition coefficient (Wildman–Crippen LogP) is 4.40. The van der Waals surface area contributed by atoms with Gasteiger partial charge in [-0.05, 0) is 29.8 Å². The van der Waals surface area contributed by atoms with Crippen LogP contribution in [-0.2, 0) is 19.2 Å². The number of rotatable bonds is 4. The average Bonchev–Trinajstić information content (AvgIpc) is 2.44. The molecular weight excluding hydrogens is 317 g/mol. The fourth-order valence-corrected chi connectivity index (χ4v) is 2.03. The molecule has 0 saturated carbocycles. The van der Waals surface area contributed by atoms with E-state index in [0.717, 1.165) is 12.1 Å². The summed E-state index contributed by atoms with van der Waals surface area (Å²) in [6.07, 6.45) is -4.34. The van der Waals surface area contributed by atoms with Crippen LogP contribution in [0.5, 0.6) is 5.88 Å². The van der Waals surface area contributed by atoms with Crippen molar-refractivity contribution in [1.82, 2.24) is 4.98 Å². The van der Waals surface area contributed by atoms with Crippen molar-refractivity contribution < 1.29 is 17.9 Å². The number of hydrogen-bond donors (Lipinski definition) is 0. The molecule has 0 bridgehead atoms. The number of pyridine rings is 1. The lowest BCUT2D eigenvalue weighted by atomic mass is 10.1. The molecule has 0 unspecified atom stereocenters. The van der Waals surface area contributed by atoms with Gasteiger partial charge < -0.3 is 4.74 Å². The van der Waals surface area contributed by atoms with E-state index in [1.807, 2.05) is 6.07 Å². The SMILES string of the molecule is N#CCc1cccc(OCc2cc(Cl)cc(C(F)(F)F)c2)n1. The van der Waals surface area contributed by atoms with Crippen LogP contribution in [0.25, 0.3) is 0 Å². The summed E-state index contributed by atoms with van der Waals surface area (Å²) in [5.41, 5.74) is -0.0147. The second kappa shape index (κ2) is 6.67. The van der Waals surface area contributed by atoms with Crippen molar-refractivity contribution in [1.29, 1.82) is 5.26 Å². The monoisotopic (exact) mass is 326 g/mol. The molecular formula is C15H10ClF3N2O. The molecule has 3 nitrogen and oxygen atoms in total. The van der Waals surface area contributed by atoms with Crippen LogP contribution in [-0.4, -0.2) is 4.98 Å². The smallest absolute Gasteiger partial charge is 0.416 e. The maximum Gasteiger partial charge on any atom is 0.416 e. The first-order valence-electron chi connectivity index (χ1n) is 6.21. The lowest BCUT2D eigenvalue weighted by molar-refractivity contribution is -0.137. The first kappa shape index (κ1) is 16.1. The highest BCUT2D eigenvalue weighted by molar-refractivity contribution is 6.30. The fourth-order valence-electron chi connectivity index (χ4n) is 1.77. The topological polar surface area (TPSA) is 45.9 Å². The second-order valence-corrected chi connectivity index (χ2v) is 4.87. The Balaban J connectivity index is 2.13. The van der Waals surface area contributed by atoms with Gasteiger partial charge in [-0.3, -0.25) is 0 Å². The first-order chi connectivity index (χ1) is 10.4. The summed E-state index contributed by atoms with van der Waals surface area (Å²) >= 11 is 5.70. The number of benzene rings is 1. The van der Waals surface area contributed by atoms with Crippen molar-refractivity contribution in [3.05, 3.63) is 58.2 Å². The summed E-state index contributed by atoms with van der Waals surface area (Å²) < 4.78 is 43.5. The van der Waals surface area contributed by atoms with Crippen LogP contribution in [0.3, 0.4) is 0 Å². The Morgan fingerprint density at radius 1 is 1.23 bits per heavy atom. The third-order valence-electron chi connectivity index (χ3n) is 2.71. The van der Waals surface area contributed by atoms with Crippen LogP contribution < -0.4 is 4.74 Å². The van der Waals surface area contributed by atoms with Gasteiger partial charge in [-0.25, -0.2) is 4.98 Å². The van der Waals surface area contributed by atoms with E-state index in [4.69, 9.17) is 21.6 Å². The summed E-state index contributed by atoms with van der Waals surface area (Å²) in [5.74, 6) is 0.237. The predicted molar refractivity (Wildman–Crippen MR) is 74.3 cm³/mol. The zero-order chi connectivity index (χ0) is 16.2. The van der Waals surface area contributed by atoms with Gasteiger partial charge in [0.15, 0.2) is 0 Å². The van der Waals surface area contributed by atoms with Crippen LogP contribution in [0.1, 0.15) is 16.8 Å². The molecule has 1 heterocycles. The Labute approximate surface area is 129 Å². The van der Waals surface area contributed by atoms with Crippen molar-refractivity contribution in [2.45, 2.75) is 19.2 Å². The number of alkyl halides is 3. The Bertz CT molecular complexity index is 711. The zero-order valence-corrected chi connectivity index (χ0v) is 11.9. The van der Waals surface area contributed by atoms with E-state index in [-0.39, 0.29) is 29.5 Å². The van der Waals surface area contributed by atoms with Gasteiger partial charge in [0, 0.05) is 11.1 Å². The van der Waals surface area contributed by atoms with Crippen molar-refractivity contribution in [2.75, 3.05) is 0 Å². The minimum atomic E-state index is -4.47. The van der Waals surface area contributed by atoms with Crippen LogP contribution in [0.2, 0.25) is 5.02 Å². The molecule has 0 fully saturated rings.